The molecule has 0 spiro atoms. The summed E-state index contributed by atoms with van der Waals surface area (Å²) in [6.45, 7) is 1.98. The molecule has 16 heteroatoms. The van der Waals surface area contributed by atoms with Crippen LogP contribution in [0, 0.1) is 0 Å². The van der Waals surface area contributed by atoms with Gasteiger partial charge in [0.25, 0.3) is 0 Å². The molecule has 0 aliphatic heterocycles. The molecule has 0 unspecified atom stereocenters. The first-order chi connectivity index (χ1) is 9.54. The van der Waals surface area contributed by atoms with E-state index in [4.69, 9.17) is 34.5 Å². The van der Waals surface area contributed by atoms with E-state index >= 15 is 0 Å². The number of carboxylic acid groups (broad SMARTS) is 1. The summed E-state index contributed by atoms with van der Waals surface area (Å²) in [5.41, 5.74) is 0. The van der Waals surface area contributed by atoms with Gasteiger partial charge in [0.05, 0.1) is 0 Å². The predicted molar refractivity (Wildman–Crippen MR) is 71.4 cm³/mol. The average Bonchev–Trinajstić information content (AvgIpc) is 2.22. The van der Waals surface area contributed by atoms with Gasteiger partial charge in [-0.1, -0.05) is 13.3 Å². The molecule has 0 aromatic heterocycles. The maximum absolute atomic E-state index is 9.76. The molecule has 0 radical (unpaired) electrons. The van der Waals surface area contributed by atoms with Gasteiger partial charge in [-0.05, 0) is 6.42 Å². The van der Waals surface area contributed by atoms with Crippen molar-refractivity contribution in [3.8, 4) is 0 Å². The van der Waals surface area contributed by atoms with E-state index in [0.717, 1.165) is 20.0 Å². The Balaban J connectivity index is -0.000000252. The lowest BCUT2D eigenvalue weighted by molar-refractivity contribution is -0.137. The van der Waals surface area contributed by atoms with Gasteiger partial charge in [0.2, 0.25) is 0 Å². The molecule has 0 saturated carbocycles. The second kappa shape index (κ2) is 12.3. The summed E-state index contributed by atoms with van der Waals surface area (Å²) in [5, 5.41) is 8.04. The fraction of sp³-hybridized carbons (Fsp3) is 0.833. The summed E-state index contributed by atoms with van der Waals surface area (Å²) < 4.78 is 35.3. The lowest BCUT2D eigenvalue weighted by Crippen LogP contribution is -1.91. The first-order valence-electron chi connectivity index (χ1n) is 5.19. The highest BCUT2D eigenvalue weighted by Gasteiger charge is 2.27. The number of phosphoric ester groups is 1. The Labute approximate surface area is 125 Å². The lowest BCUT2D eigenvalue weighted by atomic mass is 10.3. The van der Waals surface area contributed by atoms with Crippen molar-refractivity contribution in [3.63, 3.8) is 0 Å². The van der Waals surface area contributed by atoms with Crippen LogP contribution in [0.15, 0.2) is 0 Å². The number of unbranched alkanes of at least 4 members (excludes halogenated alkanes) is 1. The first-order valence-corrected chi connectivity index (χ1v) is 9.78. The van der Waals surface area contributed by atoms with Crippen LogP contribution in [0.1, 0.15) is 26.2 Å². The van der Waals surface area contributed by atoms with E-state index in [9.17, 15) is 18.5 Å². The van der Waals surface area contributed by atoms with Crippen molar-refractivity contribution >= 4 is 29.4 Å². The van der Waals surface area contributed by atoms with Crippen molar-refractivity contribution in [1.82, 2.24) is 0 Å². The van der Waals surface area contributed by atoms with E-state index < -0.39 is 29.4 Å². The zero-order valence-electron chi connectivity index (χ0n) is 11.5. The number of aliphatic carboxylic acids is 1. The predicted octanol–water partition coefficient (Wildman–Crippen LogP) is 0.175. The first kappa shape index (κ1) is 26.7. The number of carboxylic acids is 1. The third-order valence-corrected chi connectivity index (χ3v) is 3.37. The fourth-order valence-corrected chi connectivity index (χ4v) is 1.58. The van der Waals surface area contributed by atoms with Crippen LogP contribution in [-0.4, -0.2) is 47.5 Å². The van der Waals surface area contributed by atoms with Gasteiger partial charge in [-0.25, -0.2) is 13.7 Å². The van der Waals surface area contributed by atoms with Crippen molar-refractivity contribution in [2.75, 3.05) is 7.11 Å². The molecule has 0 atom stereocenters. The van der Waals surface area contributed by atoms with Gasteiger partial charge < -0.3 is 34.5 Å². The molecule has 0 aliphatic carbocycles. The van der Waals surface area contributed by atoms with Crippen LogP contribution in [-0.2, 0) is 27.3 Å². The largest absolute Gasteiger partial charge is 0.481 e. The minimum Gasteiger partial charge on any atom is -0.481 e. The van der Waals surface area contributed by atoms with Crippen molar-refractivity contribution in [2.24, 2.45) is 0 Å². The monoisotopic (exact) mass is 392 g/mol. The SMILES string of the molecule is CCCCC(=O)O.COP(=O)(O)O.O=P(O)(O)OP(=O)(O)O. The van der Waals surface area contributed by atoms with Gasteiger partial charge in [-0.3, -0.25) is 9.32 Å². The topological polar surface area (TPSA) is 228 Å². The van der Waals surface area contributed by atoms with Gasteiger partial charge in [0.15, 0.2) is 0 Å². The van der Waals surface area contributed by atoms with Crippen molar-refractivity contribution in [2.45, 2.75) is 26.2 Å². The third-order valence-electron chi connectivity index (χ3n) is 1.19. The fourth-order valence-electron chi connectivity index (χ4n) is 0.467. The molecule has 0 aromatic rings. The van der Waals surface area contributed by atoms with Crippen LogP contribution in [0.5, 0.6) is 0 Å². The van der Waals surface area contributed by atoms with E-state index in [0.29, 0.717) is 6.42 Å². The number of hydrogen-bond donors (Lipinski definition) is 7. The number of phosphoric acid groups is 3. The Hall–Kier alpha value is -0.160. The molecular weight excluding hydrogens is 373 g/mol. The molecule has 0 aromatic carbocycles. The number of rotatable bonds is 6. The Morgan fingerprint density at radius 1 is 0.909 bits per heavy atom. The molecule has 13 nitrogen and oxygen atoms in total. The maximum Gasteiger partial charge on any atom is 0.478 e. The van der Waals surface area contributed by atoms with Crippen LogP contribution in [0.4, 0.5) is 0 Å². The van der Waals surface area contributed by atoms with Crippen LogP contribution < -0.4 is 0 Å². The van der Waals surface area contributed by atoms with Crippen LogP contribution >= 0.6 is 23.5 Å². The minimum atomic E-state index is -5.05. The Morgan fingerprint density at radius 3 is 1.27 bits per heavy atom. The number of carbonyl (C=O) groups is 1. The van der Waals surface area contributed by atoms with E-state index in [2.05, 4.69) is 8.83 Å². The molecule has 0 saturated heterocycles. The second-order valence-corrected chi connectivity index (χ2v) is 7.20. The molecule has 0 aliphatic rings. The van der Waals surface area contributed by atoms with Gasteiger partial charge in [-0.15, -0.1) is 0 Å². The molecular formula is C6H19O13P3. The van der Waals surface area contributed by atoms with Crippen molar-refractivity contribution < 1.29 is 61.8 Å². The van der Waals surface area contributed by atoms with Crippen LogP contribution in [0.2, 0.25) is 0 Å². The zero-order valence-corrected chi connectivity index (χ0v) is 14.2. The Bertz CT molecular complexity index is 409. The summed E-state index contributed by atoms with van der Waals surface area (Å²) in [6.07, 6.45) is 2.08. The van der Waals surface area contributed by atoms with E-state index in [1.807, 2.05) is 6.92 Å². The summed E-state index contributed by atoms with van der Waals surface area (Å²) in [6, 6.07) is 0. The number of hydrogen-bond acceptors (Lipinski definition) is 6. The molecule has 136 valence electrons. The molecule has 7 N–H and O–H groups in total. The smallest absolute Gasteiger partial charge is 0.478 e. The summed E-state index contributed by atoms with van der Waals surface area (Å²) in [5.74, 6) is -0.693. The zero-order chi connectivity index (χ0) is 18.6. The van der Waals surface area contributed by atoms with Crippen LogP contribution in [0.3, 0.4) is 0 Å². The summed E-state index contributed by atoms with van der Waals surface area (Å²) in [4.78, 5) is 56.2. The normalized spacial score (nSPS) is 11.6. The summed E-state index contributed by atoms with van der Waals surface area (Å²) >= 11 is 0. The molecule has 0 fully saturated rings. The highest BCUT2D eigenvalue weighted by Crippen LogP contribution is 2.53. The van der Waals surface area contributed by atoms with Gasteiger partial charge >= 0.3 is 29.4 Å². The second-order valence-electron chi connectivity index (χ2n) is 3.23. The maximum atomic E-state index is 9.76. The third kappa shape index (κ3) is 42.7. The van der Waals surface area contributed by atoms with E-state index in [1.54, 1.807) is 0 Å². The molecule has 0 rings (SSSR count). The molecule has 0 amide bonds. The molecule has 22 heavy (non-hydrogen) atoms. The highest BCUT2D eigenvalue weighted by molar-refractivity contribution is 7.60. The van der Waals surface area contributed by atoms with E-state index in [-0.39, 0.29) is 0 Å². The molecule has 0 bridgehead atoms. The van der Waals surface area contributed by atoms with Crippen molar-refractivity contribution in [1.29, 1.82) is 0 Å². The lowest BCUT2D eigenvalue weighted by Gasteiger charge is -2.03. The standard InChI is InChI=1S/C5H10O2.CH5O4P.H4O7P2/c1-2-3-4-5(6)7;1-5-6(2,3)4;1-8(2,3)7-9(4,5)6/h2-4H2,1H3,(H,6,7);1H3,(H2,2,3,4);(H2,1,2,3)(H2,4,5,6). The van der Waals surface area contributed by atoms with Crippen molar-refractivity contribution in [3.05, 3.63) is 0 Å². The minimum absolute atomic E-state index is 0.316. The Kier molecular flexibility index (Phi) is 14.9. The van der Waals surface area contributed by atoms with Crippen LogP contribution in [0.25, 0.3) is 0 Å². The quantitative estimate of drug-likeness (QED) is 0.299. The summed E-state index contributed by atoms with van der Waals surface area (Å²) in [7, 11) is -13.3. The average molecular weight is 392 g/mol. The van der Waals surface area contributed by atoms with E-state index in [1.165, 1.54) is 0 Å². The highest BCUT2D eigenvalue weighted by atomic mass is 31.3. The van der Waals surface area contributed by atoms with Gasteiger partial charge in [-0.2, -0.15) is 4.31 Å². The molecule has 0 heterocycles. The van der Waals surface area contributed by atoms with Gasteiger partial charge in [0.1, 0.15) is 0 Å². The Morgan fingerprint density at radius 2 is 1.23 bits per heavy atom. The van der Waals surface area contributed by atoms with Gasteiger partial charge in [0, 0.05) is 13.5 Å².